The van der Waals surface area contributed by atoms with Gasteiger partial charge in [-0.3, -0.25) is 9.48 Å². The van der Waals surface area contributed by atoms with Crippen LogP contribution in [0.5, 0.6) is 5.75 Å². The number of nitrogens with one attached hydrogen (secondary N) is 1. The lowest BCUT2D eigenvalue weighted by Gasteiger charge is -2.04. The van der Waals surface area contributed by atoms with E-state index < -0.39 is 0 Å². The van der Waals surface area contributed by atoms with Crippen LogP contribution in [0.1, 0.15) is 27.4 Å². The maximum absolute atomic E-state index is 12.6. The minimum atomic E-state index is -0.390. The highest BCUT2D eigenvalue weighted by atomic mass is 79.9. The van der Waals surface area contributed by atoms with Crippen LogP contribution in [0.2, 0.25) is 5.02 Å². The summed E-state index contributed by atoms with van der Waals surface area (Å²) < 4.78 is 13.7. The van der Waals surface area contributed by atoms with E-state index in [0.717, 1.165) is 5.56 Å². The number of rotatable bonds is 7. The Balaban J connectivity index is 1.36. The third kappa shape index (κ3) is 5.57. The van der Waals surface area contributed by atoms with Crippen LogP contribution in [0.15, 0.2) is 75.8 Å². The van der Waals surface area contributed by atoms with Gasteiger partial charge in [-0.2, -0.15) is 5.10 Å². The zero-order valence-electron chi connectivity index (χ0n) is 16.6. The average molecular weight is 501 g/mol. The van der Waals surface area contributed by atoms with Gasteiger partial charge in [-0.15, -0.1) is 0 Å². The number of carbonyl (C=O) groups is 1. The summed E-state index contributed by atoms with van der Waals surface area (Å²) in [5.41, 5.74) is 2.32. The quantitative estimate of drug-likeness (QED) is 0.334. The fourth-order valence-electron chi connectivity index (χ4n) is 2.88. The molecule has 0 spiro atoms. The second-order valence-electron chi connectivity index (χ2n) is 6.97. The van der Waals surface area contributed by atoms with Crippen molar-refractivity contribution in [1.82, 2.24) is 9.78 Å². The molecular weight excluding hydrogens is 482 g/mol. The lowest BCUT2D eigenvalue weighted by Crippen LogP contribution is -2.12. The van der Waals surface area contributed by atoms with Crippen LogP contribution in [0.3, 0.4) is 0 Å². The first-order valence-electron chi connectivity index (χ1n) is 9.53. The van der Waals surface area contributed by atoms with Gasteiger partial charge in [-0.05, 0) is 64.8 Å². The van der Waals surface area contributed by atoms with Crippen molar-refractivity contribution in [2.75, 3.05) is 5.32 Å². The van der Waals surface area contributed by atoms with E-state index in [4.69, 9.17) is 20.8 Å². The number of hydrogen-bond donors (Lipinski definition) is 1. The Kier molecular flexibility index (Phi) is 6.44. The van der Waals surface area contributed by atoms with Crippen LogP contribution in [0.4, 0.5) is 5.82 Å². The Bertz CT molecular complexity index is 1180. The van der Waals surface area contributed by atoms with Crippen molar-refractivity contribution >= 4 is 39.3 Å². The van der Waals surface area contributed by atoms with Gasteiger partial charge in [-0.25, -0.2) is 0 Å². The molecule has 0 bridgehead atoms. The normalized spacial score (nSPS) is 10.8. The number of aryl methyl sites for hydroxylation is 1. The Morgan fingerprint density at radius 3 is 2.61 bits per heavy atom. The minimum absolute atomic E-state index is 0.176. The SMILES string of the molecule is Cc1ccc(Cn2cc(Br)c(NC(=O)c3ccc(COc4ccc(Cl)cc4)o3)n2)cc1. The molecule has 4 rings (SSSR count). The molecule has 0 saturated heterocycles. The Hall–Kier alpha value is -3.03. The summed E-state index contributed by atoms with van der Waals surface area (Å²) in [5, 5.41) is 7.85. The summed E-state index contributed by atoms with van der Waals surface area (Å²) in [4.78, 5) is 12.6. The highest BCUT2D eigenvalue weighted by molar-refractivity contribution is 9.10. The third-order valence-electron chi connectivity index (χ3n) is 4.49. The van der Waals surface area contributed by atoms with Crippen molar-refractivity contribution in [1.29, 1.82) is 0 Å². The number of furan rings is 1. The van der Waals surface area contributed by atoms with Crippen molar-refractivity contribution in [3.63, 3.8) is 0 Å². The smallest absolute Gasteiger partial charge is 0.292 e. The third-order valence-corrected chi connectivity index (χ3v) is 5.33. The van der Waals surface area contributed by atoms with Gasteiger partial charge < -0.3 is 14.5 Å². The molecule has 2 heterocycles. The van der Waals surface area contributed by atoms with E-state index in [1.54, 1.807) is 41.1 Å². The molecule has 0 atom stereocenters. The molecule has 4 aromatic rings. The molecule has 1 amide bonds. The average Bonchev–Trinajstić information content (AvgIpc) is 3.36. The zero-order chi connectivity index (χ0) is 21.8. The number of carbonyl (C=O) groups excluding carboxylic acids is 1. The first kappa shape index (κ1) is 21.2. The van der Waals surface area contributed by atoms with E-state index in [1.807, 2.05) is 13.1 Å². The molecule has 0 aliphatic rings. The summed E-state index contributed by atoms with van der Waals surface area (Å²) in [6.07, 6.45) is 1.82. The standard InChI is InChI=1S/C23H19BrClN3O3/c1-15-2-4-16(5-3-15)12-28-13-20(24)22(27-28)26-23(29)21-11-10-19(31-21)14-30-18-8-6-17(25)7-9-18/h2-11,13H,12,14H2,1H3,(H,26,27,29). The summed E-state index contributed by atoms with van der Waals surface area (Å²) in [6.45, 7) is 2.84. The number of anilines is 1. The molecule has 2 aromatic carbocycles. The van der Waals surface area contributed by atoms with Crippen LogP contribution < -0.4 is 10.1 Å². The fourth-order valence-corrected chi connectivity index (χ4v) is 3.42. The van der Waals surface area contributed by atoms with Crippen molar-refractivity contribution in [3.8, 4) is 5.75 Å². The largest absolute Gasteiger partial charge is 0.486 e. The molecule has 0 fully saturated rings. The molecule has 0 aliphatic heterocycles. The minimum Gasteiger partial charge on any atom is -0.486 e. The number of aromatic nitrogens is 2. The van der Waals surface area contributed by atoms with Gasteiger partial charge in [0.25, 0.3) is 5.91 Å². The maximum atomic E-state index is 12.6. The lowest BCUT2D eigenvalue weighted by atomic mass is 10.1. The van der Waals surface area contributed by atoms with Crippen LogP contribution in [0, 0.1) is 6.92 Å². The topological polar surface area (TPSA) is 69.3 Å². The first-order chi connectivity index (χ1) is 15.0. The Morgan fingerprint density at radius 1 is 1.13 bits per heavy atom. The molecule has 0 aliphatic carbocycles. The number of halogens is 2. The number of ether oxygens (including phenoxy) is 1. The van der Waals surface area contributed by atoms with E-state index in [9.17, 15) is 4.79 Å². The molecule has 2 aromatic heterocycles. The van der Waals surface area contributed by atoms with E-state index in [1.165, 1.54) is 5.56 Å². The van der Waals surface area contributed by atoms with Gasteiger partial charge >= 0.3 is 0 Å². The molecule has 8 heteroatoms. The van der Waals surface area contributed by atoms with E-state index in [-0.39, 0.29) is 18.3 Å². The van der Waals surface area contributed by atoms with Gasteiger partial charge in [0.1, 0.15) is 18.1 Å². The second-order valence-corrected chi connectivity index (χ2v) is 8.26. The van der Waals surface area contributed by atoms with Crippen LogP contribution >= 0.6 is 27.5 Å². The molecular formula is C23H19BrClN3O3. The van der Waals surface area contributed by atoms with Gasteiger partial charge in [0, 0.05) is 11.2 Å². The number of amides is 1. The van der Waals surface area contributed by atoms with Gasteiger partial charge in [-0.1, -0.05) is 41.4 Å². The molecule has 6 nitrogen and oxygen atoms in total. The fraction of sp³-hybridized carbons (Fsp3) is 0.130. The summed E-state index contributed by atoms with van der Waals surface area (Å²) >= 11 is 9.31. The Labute approximate surface area is 192 Å². The predicted molar refractivity (Wildman–Crippen MR) is 123 cm³/mol. The lowest BCUT2D eigenvalue weighted by molar-refractivity contribution is 0.0992. The maximum Gasteiger partial charge on any atom is 0.292 e. The second kappa shape index (κ2) is 9.41. The Morgan fingerprint density at radius 2 is 1.87 bits per heavy atom. The molecule has 0 unspecified atom stereocenters. The van der Waals surface area contributed by atoms with Crippen LogP contribution in [0.25, 0.3) is 0 Å². The summed E-state index contributed by atoms with van der Waals surface area (Å²) in [7, 11) is 0. The van der Waals surface area contributed by atoms with Crippen molar-refractivity contribution < 1.29 is 13.9 Å². The van der Waals surface area contributed by atoms with Crippen LogP contribution in [-0.4, -0.2) is 15.7 Å². The van der Waals surface area contributed by atoms with E-state index in [0.29, 0.717) is 33.4 Å². The molecule has 158 valence electrons. The molecule has 31 heavy (non-hydrogen) atoms. The number of hydrogen-bond acceptors (Lipinski definition) is 4. The summed E-state index contributed by atoms with van der Waals surface area (Å²) in [5.74, 6) is 1.40. The van der Waals surface area contributed by atoms with Gasteiger partial charge in [0.15, 0.2) is 11.6 Å². The van der Waals surface area contributed by atoms with E-state index in [2.05, 4.69) is 50.6 Å². The predicted octanol–water partition coefficient (Wildman–Crippen LogP) is 6.08. The van der Waals surface area contributed by atoms with Gasteiger partial charge in [0.05, 0.1) is 11.0 Å². The van der Waals surface area contributed by atoms with E-state index >= 15 is 0 Å². The molecule has 0 saturated carbocycles. The molecule has 0 radical (unpaired) electrons. The van der Waals surface area contributed by atoms with Crippen molar-refractivity contribution in [2.45, 2.75) is 20.1 Å². The number of nitrogens with zero attached hydrogens (tertiary/aromatic N) is 2. The highest BCUT2D eigenvalue weighted by Gasteiger charge is 2.16. The zero-order valence-corrected chi connectivity index (χ0v) is 19.0. The van der Waals surface area contributed by atoms with Gasteiger partial charge in [0.2, 0.25) is 0 Å². The first-order valence-corrected chi connectivity index (χ1v) is 10.7. The van der Waals surface area contributed by atoms with Crippen molar-refractivity contribution in [2.24, 2.45) is 0 Å². The highest BCUT2D eigenvalue weighted by Crippen LogP contribution is 2.22. The monoisotopic (exact) mass is 499 g/mol. The number of benzene rings is 2. The molecule has 1 N–H and O–H groups in total. The van der Waals surface area contributed by atoms with Crippen molar-refractivity contribution in [3.05, 3.63) is 99.0 Å². The summed E-state index contributed by atoms with van der Waals surface area (Å²) in [6, 6.07) is 18.6. The van der Waals surface area contributed by atoms with Crippen LogP contribution in [-0.2, 0) is 13.2 Å².